The van der Waals surface area contributed by atoms with Crippen molar-refractivity contribution in [1.29, 1.82) is 0 Å². The third kappa shape index (κ3) is 7.61. The van der Waals surface area contributed by atoms with Gasteiger partial charge in [0.15, 0.2) is 0 Å². The van der Waals surface area contributed by atoms with E-state index in [-0.39, 0.29) is 11.1 Å². The molecule has 2 fully saturated rings. The molecule has 0 spiro atoms. The highest BCUT2D eigenvalue weighted by atomic mass is 19.4. The van der Waals surface area contributed by atoms with Crippen LogP contribution in [0.1, 0.15) is 108 Å². The lowest BCUT2D eigenvalue weighted by Gasteiger charge is -2.38. The van der Waals surface area contributed by atoms with Gasteiger partial charge >= 0.3 is 6.18 Å². The van der Waals surface area contributed by atoms with Crippen LogP contribution in [0.2, 0.25) is 0 Å². The molecule has 1 atom stereocenters. The van der Waals surface area contributed by atoms with Crippen LogP contribution in [0.3, 0.4) is 0 Å². The summed E-state index contributed by atoms with van der Waals surface area (Å²) in [7, 11) is 0. The van der Waals surface area contributed by atoms with Gasteiger partial charge in [-0.2, -0.15) is 13.2 Å². The molecule has 4 rings (SSSR count). The van der Waals surface area contributed by atoms with Crippen molar-refractivity contribution >= 4 is 0 Å². The van der Waals surface area contributed by atoms with Gasteiger partial charge in [0.2, 0.25) is 0 Å². The second kappa shape index (κ2) is 13.1. The second-order valence-electron chi connectivity index (χ2n) is 12.2. The number of aryl methyl sites for hydroxylation is 1. The van der Waals surface area contributed by atoms with E-state index in [0.717, 1.165) is 48.3 Å². The Morgan fingerprint density at radius 2 is 1.28 bits per heavy atom. The maximum absolute atomic E-state index is 14.9. The Bertz CT molecular complexity index is 1050. The molecule has 216 valence electrons. The van der Waals surface area contributed by atoms with Crippen molar-refractivity contribution < 1.29 is 26.3 Å². The number of rotatable bonds is 9. The zero-order valence-electron chi connectivity index (χ0n) is 23.2. The van der Waals surface area contributed by atoms with E-state index in [1.54, 1.807) is 6.07 Å². The second-order valence-corrected chi connectivity index (χ2v) is 12.2. The molecule has 0 heterocycles. The Morgan fingerprint density at radius 1 is 0.744 bits per heavy atom. The number of unbranched alkanes of at least 4 members (excludes halogenated alkanes) is 1. The van der Waals surface area contributed by atoms with Crippen LogP contribution in [0.4, 0.5) is 26.3 Å². The predicted molar refractivity (Wildman–Crippen MR) is 145 cm³/mol. The molecule has 0 saturated heterocycles. The lowest BCUT2D eigenvalue weighted by molar-refractivity contribution is -0.147. The van der Waals surface area contributed by atoms with Crippen molar-refractivity contribution in [2.24, 2.45) is 23.7 Å². The molecule has 0 nitrogen and oxygen atoms in total. The van der Waals surface area contributed by atoms with Crippen LogP contribution in [0.5, 0.6) is 0 Å². The van der Waals surface area contributed by atoms with Crippen LogP contribution in [0.15, 0.2) is 30.3 Å². The third-order valence-electron chi connectivity index (χ3n) is 9.60. The van der Waals surface area contributed by atoms with E-state index < -0.39 is 35.1 Å². The average Bonchev–Trinajstić information content (AvgIpc) is 2.90. The van der Waals surface area contributed by atoms with Gasteiger partial charge in [0.05, 0.1) is 5.92 Å². The molecule has 6 heteroatoms. The minimum Gasteiger partial charge on any atom is -0.207 e. The van der Waals surface area contributed by atoms with Gasteiger partial charge in [-0.15, -0.1) is 0 Å². The quantitative estimate of drug-likeness (QED) is 0.271. The van der Waals surface area contributed by atoms with Gasteiger partial charge in [0.1, 0.15) is 17.5 Å². The highest BCUT2D eigenvalue weighted by molar-refractivity contribution is 5.65. The fourth-order valence-electron chi connectivity index (χ4n) is 7.03. The van der Waals surface area contributed by atoms with Crippen molar-refractivity contribution in [3.8, 4) is 11.1 Å². The number of benzene rings is 2. The normalized spacial score (nSPS) is 25.0. The Morgan fingerprint density at radius 3 is 1.77 bits per heavy atom. The summed E-state index contributed by atoms with van der Waals surface area (Å²) < 4.78 is 82.8. The average molecular weight is 553 g/mol. The van der Waals surface area contributed by atoms with E-state index in [1.165, 1.54) is 82.8 Å². The molecular weight excluding hydrogens is 510 g/mol. The number of halogens is 6. The summed E-state index contributed by atoms with van der Waals surface area (Å²) in [5, 5.41) is 0. The van der Waals surface area contributed by atoms with E-state index in [1.807, 2.05) is 0 Å². The molecule has 2 aromatic rings. The highest BCUT2D eigenvalue weighted by Gasteiger charge is 2.40. The molecule has 0 radical (unpaired) electrons. The molecule has 2 aliphatic rings. The zero-order chi connectivity index (χ0) is 28.2. The van der Waals surface area contributed by atoms with E-state index in [0.29, 0.717) is 12.8 Å². The molecule has 0 aromatic heterocycles. The number of alkyl halides is 3. The van der Waals surface area contributed by atoms with Crippen LogP contribution >= 0.6 is 0 Å². The van der Waals surface area contributed by atoms with E-state index in [4.69, 9.17) is 0 Å². The van der Waals surface area contributed by atoms with Crippen LogP contribution in [-0.2, 0) is 6.42 Å². The summed E-state index contributed by atoms with van der Waals surface area (Å²) in [6.07, 6.45) is 11.6. The molecule has 0 N–H and O–H groups in total. The molecule has 0 amide bonds. The van der Waals surface area contributed by atoms with Gasteiger partial charge < -0.3 is 0 Å². The maximum Gasteiger partial charge on any atom is 0.395 e. The molecule has 0 aliphatic heterocycles. The lowest BCUT2D eigenvalue weighted by atomic mass is 9.68. The fourth-order valence-corrected chi connectivity index (χ4v) is 7.03. The topological polar surface area (TPSA) is 0 Å². The van der Waals surface area contributed by atoms with Gasteiger partial charge in [-0.1, -0.05) is 64.0 Å². The van der Waals surface area contributed by atoms with Crippen molar-refractivity contribution in [3.05, 3.63) is 58.9 Å². The molecule has 2 aliphatic carbocycles. The Kier molecular flexibility index (Phi) is 10.1. The van der Waals surface area contributed by atoms with Gasteiger partial charge in [-0.25, -0.2) is 13.2 Å². The molecule has 2 saturated carbocycles. The summed E-state index contributed by atoms with van der Waals surface area (Å²) in [6.45, 7) is 2.98. The lowest BCUT2D eigenvalue weighted by Crippen LogP contribution is -2.26. The van der Waals surface area contributed by atoms with Gasteiger partial charge in [-0.3, -0.25) is 0 Å². The number of hydrogen-bond donors (Lipinski definition) is 0. The first-order valence-corrected chi connectivity index (χ1v) is 14.9. The van der Waals surface area contributed by atoms with E-state index >= 15 is 0 Å². The van der Waals surface area contributed by atoms with Crippen LogP contribution in [-0.4, -0.2) is 6.18 Å². The van der Waals surface area contributed by atoms with Gasteiger partial charge in [0.25, 0.3) is 0 Å². The molecular formula is C33H42F6. The van der Waals surface area contributed by atoms with Crippen LogP contribution < -0.4 is 0 Å². The smallest absolute Gasteiger partial charge is 0.207 e. The maximum atomic E-state index is 14.9. The zero-order valence-corrected chi connectivity index (χ0v) is 23.2. The monoisotopic (exact) mass is 552 g/mol. The van der Waals surface area contributed by atoms with Crippen LogP contribution in [0, 0.1) is 41.1 Å². The summed E-state index contributed by atoms with van der Waals surface area (Å²) in [5.74, 6) is -2.23. The Balaban J connectivity index is 1.29. The molecule has 39 heavy (non-hydrogen) atoms. The predicted octanol–water partition coefficient (Wildman–Crippen LogP) is 11.2. The summed E-state index contributed by atoms with van der Waals surface area (Å²) in [6, 6.07) is 6.19. The van der Waals surface area contributed by atoms with Gasteiger partial charge in [0, 0.05) is 11.1 Å². The first-order valence-electron chi connectivity index (χ1n) is 14.9. The first kappa shape index (κ1) is 30.0. The Hall–Kier alpha value is -1.98. The van der Waals surface area contributed by atoms with Crippen molar-refractivity contribution in [3.63, 3.8) is 0 Å². The largest absolute Gasteiger partial charge is 0.395 e. The summed E-state index contributed by atoms with van der Waals surface area (Å²) in [4.78, 5) is 0. The number of hydrogen-bond acceptors (Lipinski definition) is 0. The molecule has 1 unspecified atom stereocenters. The third-order valence-corrected chi connectivity index (χ3v) is 9.60. The van der Waals surface area contributed by atoms with Crippen LogP contribution in [0.25, 0.3) is 11.1 Å². The van der Waals surface area contributed by atoms with E-state index in [9.17, 15) is 26.3 Å². The van der Waals surface area contributed by atoms with E-state index in [2.05, 4.69) is 6.92 Å². The fraction of sp³-hybridized carbons (Fsp3) is 0.636. The SMILES string of the molecule is CCCCC1CCC(C2CCC(CCc3ccc(-c4cc(F)c(C(C)C(F)(F)F)c(F)c4)c(F)c3)CC2)CC1. The first-order chi connectivity index (χ1) is 18.6. The minimum atomic E-state index is -4.78. The summed E-state index contributed by atoms with van der Waals surface area (Å²) >= 11 is 0. The van der Waals surface area contributed by atoms with Crippen molar-refractivity contribution in [1.82, 2.24) is 0 Å². The molecule has 2 aromatic carbocycles. The van der Waals surface area contributed by atoms with Crippen molar-refractivity contribution in [2.75, 3.05) is 0 Å². The van der Waals surface area contributed by atoms with Crippen molar-refractivity contribution in [2.45, 2.75) is 109 Å². The summed E-state index contributed by atoms with van der Waals surface area (Å²) in [5.41, 5.74) is -0.345. The highest BCUT2D eigenvalue weighted by Crippen LogP contribution is 2.43. The minimum absolute atomic E-state index is 0.0207. The Labute approximate surface area is 229 Å². The standard InChI is InChI=1S/C33H42F6/c1-3-4-5-22-8-13-25(14-9-22)26-15-10-23(11-16-26)6-7-24-12-17-28(29(34)18-24)27-19-30(35)32(31(36)20-27)21(2)33(37,38)39/h12,17-23,25-26H,3-11,13-16H2,1-2H3. The van der Waals surface area contributed by atoms with Gasteiger partial charge in [-0.05, 0) is 98.4 Å². The molecule has 0 bridgehead atoms.